The first-order chi connectivity index (χ1) is 10.8. The van der Waals surface area contributed by atoms with Crippen LogP contribution in [-0.2, 0) is 0 Å². The lowest BCUT2D eigenvalue weighted by Crippen LogP contribution is -1.94. The van der Waals surface area contributed by atoms with Gasteiger partial charge in [0.15, 0.2) is 6.29 Å². The molecule has 0 saturated heterocycles. The van der Waals surface area contributed by atoms with Crippen LogP contribution in [-0.4, -0.2) is 17.9 Å². The van der Waals surface area contributed by atoms with Gasteiger partial charge in [-0.15, -0.1) is 0 Å². The number of carbonyl (C=O) groups is 1. The molecule has 0 atom stereocenters. The van der Waals surface area contributed by atoms with Gasteiger partial charge in [-0.2, -0.15) is 0 Å². The van der Waals surface area contributed by atoms with Crippen LogP contribution in [0.1, 0.15) is 17.3 Å². The van der Waals surface area contributed by atoms with Gasteiger partial charge in [0, 0.05) is 15.8 Å². The Hall–Kier alpha value is -2.33. The third-order valence-corrected chi connectivity index (χ3v) is 4.20. The highest BCUT2D eigenvalue weighted by Gasteiger charge is 2.09. The summed E-state index contributed by atoms with van der Waals surface area (Å²) < 4.78 is 5.49. The summed E-state index contributed by atoms with van der Waals surface area (Å²) in [5, 5.41) is 1.63. The number of benzene rings is 2. The first kappa shape index (κ1) is 14.6. The van der Waals surface area contributed by atoms with Crippen LogP contribution in [0, 0.1) is 0 Å². The number of aromatic nitrogens is 1. The van der Waals surface area contributed by atoms with Crippen molar-refractivity contribution in [3.8, 4) is 5.75 Å². The van der Waals surface area contributed by atoms with Crippen LogP contribution in [0.3, 0.4) is 0 Å². The molecule has 3 aromatic rings. The third-order valence-electron chi connectivity index (χ3n) is 3.17. The van der Waals surface area contributed by atoms with Crippen molar-refractivity contribution in [3.63, 3.8) is 0 Å². The summed E-state index contributed by atoms with van der Waals surface area (Å²) >= 11 is 1.49. The molecule has 0 radical (unpaired) electrons. The van der Waals surface area contributed by atoms with Crippen LogP contribution < -0.4 is 4.74 Å². The van der Waals surface area contributed by atoms with E-state index < -0.39 is 0 Å². The molecule has 110 valence electrons. The molecule has 3 rings (SSSR count). The molecule has 1 heterocycles. The van der Waals surface area contributed by atoms with Gasteiger partial charge in [-0.05, 0) is 43.3 Å². The summed E-state index contributed by atoms with van der Waals surface area (Å²) in [6, 6.07) is 17.5. The molecule has 0 saturated carbocycles. The van der Waals surface area contributed by atoms with Crippen molar-refractivity contribution in [1.29, 1.82) is 0 Å². The number of rotatable bonds is 5. The number of pyridine rings is 1. The second-order valence-corrected chi connectivity index (χ2v) is 5.77. The van der Waals surface area contributed by atoms with Crippen molar-refractivity contribution in [2.45, 2.75) is 16.8 Å². The van der Waals surface area contributed by atoms with Gasteiger partial charge in [0.1, 0.15) is 10.8 Å². The molecule has 2 aromatic carbocycles. The monoisotopic (exact) mass is 309 g/mol. The Morgan fingerprint density at radius 1 is 1.14 bits per heavy atom. The van der Waals surface area contributed by atoms with Crippen LogP contribution >= 0.6 is 11.8 Å². The number of nitrogens with zero attached hydrogens (tertiary/aromatic N) is 1. The van der Waals surface area contributed by atoms with Gasteiger partial charge < -0.3 is 4.74 Å². The van der Waals surface area contributed by atoms with Gasteiger partial charge in [0.2, 0.25) is 0 Å². The van der Waals surface area contributed by atoms with E-state index in [9.17, 15) is 4.79 Å². The quantitative estimate of drug-likeness (QED) is 0.646. The Balaban J connectivity index is 2.03. The molecule has 0 unspecified atom stereocenters. The van der Waals surface area contributed by atoms with Crippen molar-refractivity contribution < 1.29 is 9.53 Å². The smallest absolute Gasteiger partial charge is 0.152 e. The van der Waals surface area contributed by atoms with Crippen molar-refractivity contribution in [3.05, 3.63) is 60.2 Å². The molecule has 3 nitrogen and oxygen atoms in total. The zero-order valence-electron chi connectivity index (χ0n) is 12.2. The van der Waals surface area contributed by atoms with Gasteiger partial charge in [0.25, 0.3) is 0 Å². The van der Waals surface area contributed by atoms with Gasteiger partial charge in [-0.1, -0.05) is 30.0 Å². The molecule has 0 amide bonds. The fraction of sp³-hybridized carbons (Fsp3) is 0.111. The Labute approximate surface area is 133 Å². The summed E-state index contributed by atoms with van der Waals surface area (Å²) in [4.78, 5) is 17.1. The number of hydrogen-bond acceptors (Lipinski definition) is 4. The average molecular weight is 309 g/mol. The lowest BCUT2D eigenvalue weighted by molar-refractivity contribution is 0.112. The van der Waals surface area contributed by atoms with E-state index in [1.165, 1.54) is 11.8 Å². The van der Waals surface area contributed by atoms with E-state index in [1.807, 2.05) is 61.5 Å². The van der Waals surface area contributed by atoms with Gasteiger partial charge in [-0.25, -0.2) is 4.98 Å². The lowest BCUT2D eigenvalue weighted by Gasteiger charge is -2.08. The molecule has 0 aliphatic heterocycles. The van der Waals surface area contributed by atoms with Crippen LogP contribution in [0.15, 0.2) is 64.5 Å². The predicted molar refractivity (Wildman–Crippen MR) is 88.9 cm³/mol. The predicted octanol–water partition coefficient (Wildman–Crippen LogP) is 4.60. The highest BCUT2D eigenvalue weighted by molar-refractivity contribution is 7.99. The highest BCUT2D eigenvalue weighted by atomic mass is 32.2. The summed E-state index contributed by atoms with van der Waals surface area (Å²) in [6.45, 7) is 2.56. The summed E-state index contributed by atoms with van der Waals surface area (Å²) in [5.41, 5.74) is 1.45. The number of aldehydes is 1. The molecule has 1 aromatic heterocycles. The lowest BCUT2D eigenvalue weighted by atomic mass is 10.1. The molecule has 0 bridgehead atoms. The van der Waals surface area contributed by atoms with Gasteiger partial charge in [-0.3, -0.25) is 4.79 Å². The first-order valence-electron chi connectivity index (χ1n) is 7.06. The fourth-order valence-electron chi connectivity index (χ4n) is 2.18. The minimum absolute atomic E-state index is 0.593. The molecule has 0 aliphatic rings. The van der Waals surface area contributed by atoms with Crippen LogP contribution in [0.25, 0.3) is 10.9 Å². The van der Waals surface area contributed by atoms with Crippen LogP contribution in [0.2, 0.25) is 0 Å². The van der Waals surface area contributed by atoms with E-state index >= 15 is 0 Å². The maximum absolute atomic E-state index is 11.4. The van der Waals surface area contributed by atoms with Crippen molar-refractivity contribution >= 4 is 29.0 Å². The SMILES string of the molecule is CCOc1ccc2nc(Sc3ccccc3)c(C=O)cc2c1. The van der Waals surface area contributed by atoms with Crippen molar-refractivity contribution in [1.82, 2.24) is 4.98 Å². The maximum Gasteiger partial charge on any atom is 0.152 e. The normalized spacial score (nSPS) is 10.6. The van der Waals surface area contributed by atoms with Crippen LogP contribution in [0.4, 0.5) is 0 Å². The minimum atomic E-state index is 0.593. The average Bonchev–Trinajstić information content (AvgIpc) is 2.55. The third kappa shape index (κ3) is 3.12. The second kappa shape index (κ2) is 6.62. The molecule has 0 aliphatic carbocycles. The molecule has 0 spiro atoms. The van der Waals surface area contributed by atoms with E-state index in [1.54, 1.807) is 0 Å². The first-order valence-corrected chi connectivity index (χ1v) is 7.87. The molecule has 0 N–H and O–H groups in total. The number of carbonyl (C=O) groups excluding carboxylic acids is 1. The topological polar surface area (TPSA) is 39.2 Å². The number of hydrogen-bond donors (Lipinski definition) is 0. The highest BCUT2D eigenvalue weighted by Crippen LogP contribution is 2.31. The fourth-order valence-corrected chi connectivity index (χ4v) is 3.06. The molecule has 0 fully saturated rings. The summed E-state index contributed by atoms with van der Waals surface area (Å²) in [6.07, 6.45) is 0.852. The Morgan fingerprint density at radius 2 is 1.95 bits per heavy atom. The molecular formula is C18H15NO2S. The van der Waals surface area contributed by atoms with E-state index in [0.717, 1.165) is 32.9 Å². The van der Waals surface area contributed by atoms with E-state index in [-0.39, 0.29) is 0 Å². The summed E-state index contributed by atoms with van der Waals surface area (Å²) in [7, 11) is 0. The second-order valence-electron chi connectivity index (χ2n) is 4.70. The Morgan fingerprint density at radius 3 is 2.68 bits per heavy atom. The van der Waals surface area contributed by atoms with E-state index in [0.29, 0.717) is 12.2 Å². The molecule has 4 heteroatoms. The standard InChI is InChI=1S/C18H15NO2S/c1-2-21-15-8-9-17-13(11-15)10-14(12-20)18(19-17)22-16-6-4-3-5-7-16/h3-12H,2H2,1H3. The molecular weight excluding hydrogens is 294 g/mol. The Bertz CT molecular complexity index is 803. The number of fused-ring (bicyclic) bond motifs is 1. The van der Waals surface area contributed by atoms with E-state index in [2.05, 4.69) is 4.98 Å². The molecule has 22 heavy (non-hydrogen) atoms. The zero-order valence-corrected chi connectivity index (χ0v) is 13.0. The maximum atomic E-state index is 11.4. The van der Waals surface area contributed by atoms with Gasteiger partial charge in [0.05, 0.1) is 12.1 Å². The van der Waals surface area contributed by atoms with Crippen LogP contribution in [0.5, 0.6) is 5.75 Å². The number of ether oxygens (including phenoxy) is 1. The minimum Gasteiger partial charge on any atom is -0.494 e. The van der Waals surface area contributed by atoms with E-state index in [4.69, 9.17) is 4.74 Å². The largest absolute Gasteiger partial charge is 0.494 e. The van der Waals surface area contributed by atoms with Crippen molar-refractivity contribution in [2.75, 3.05) is 6.61 Å². The van der Waals surface area contributed by atoms with Gasteiger partial charge >= 0.3 is 0 Å². The van der Waals surface area contributed by atoms with Crippen molar-refractivity contribution in [2.24, 2.45) is 0 Å². The Kier molecular flexibility index (Phi) is 4.39. The summed E-state index contributed by atoms with van der Waals surface area (Å²) in [5.74, 6) is 0.789. The zero-order chi connectivity index (χ0) is 15.4.